The normalized spacial score (nSPS) is 17.6. The highest BCUT2D eigenvalue weighted by molar-refractivity contribution is 7.09. The number of ether oxygens (including phenoxy) is 1. The second kappa shape index (κ2) is 7.97. The molecule has 2 heterocycles. The van der Waals surface area contributed by atoms with Crippen molar-refractivity contribution in [2.24, 2.45) is 0 Å². The van der Waals surface area contributed by atoms with Crippen molar-refractivity contribution in [3.05, 3.63) is 45.9 Å². The van der Waals surface area contributed by atoms with E-state index in [4.69, 9.17) is 4.74 Å². The van der Waals surface area contributed by atoms with Gasteiger partial charge in [0.2, 0.25) is 5.91 Å². The van der Waals surface area contributed by atoms with Crippen molar-refractivity contribution >= 4 is 17.2 Å². The lowest BCUT2D eigenvalue weighted by Crippen LogP contribution is -2.42. The number of hydrogen-bond donors (Lipinski definition) is 0. The number of thiazole rings is 1. The highest BCUT2D eigenvalue weighted by Gasteiger charge is 2.31. The number of nitrogens with zero attached hydrogens (tertiary/aromatic N) is 3. The molecular weight excluding hydrogens is 334 g/mol. The lowest BCUT2D eigenvalue weighted by molar-refractivity contribution is -0.133. The molecule has 0 radical (unpaired) electrons. The number of hydrogen-bond acceptors (Lipinski definition) is 5. The Kier molecular flexibility index (Phi) is 5.71. The highest BCUT2D eigenvalue weighted by Crippen LogP contribution is 2.23. The zero-order valence-electron chi connectivity index (χ0n) is 15.1. The molecule has 6 heteroatoms. The Labute approximate surface area is 153 Å². The maximum Gasteiger partial charge on any atom is 0.239 e. The summed E-state index contributed by atoms with van der Waals surface area (Å²) in [5.41, 5.74) is 2.24. The average molecular weight is 359 g/mol. The summed E-state index contributed by atoms with van der Waals surface area (Å²) in [6.45, 7) is 4.22. The van der Waals surface area contributed by atoms with Crippen LogP contribution in [0.25, 0.3) is 0 Å². The summed E-state index contributed by atoms with van der Waals surface area (Å²) in [5, 5.41) is 3.04. The number of likely N-dealkylation sites (tertiary alicyclic amines) is 1. The van der Waals surface area contributed by atoms with Crippen LogP contribution in [0.3, 0.4) is 0 Å². The summed E-state index contributed by atoms with van der Waals surface area (Å²) in [6.07, 6.45) is 2.00. The minimum atomic E-state index is -0.0102. The van der Waals surface area contributed by atoms with Gasteiger partial charge < -0.3 is 9.64 Å². The Morgan fingerprint density at radius 3 is 2.84 bits per heavy atom. The van der Waals surface area contributed by atoms with Crippen LogP contribution in [0.4, 0.5) is 0 Å². The molecule has 1 fully saturated rings. The number of likely N-dealkylation sites (N-methyl/N-ethyl adjacent to an activating group) is 1. The van der Waals surface area contributed by atoms with Gasteiger partial charge in [-0.3, -0.25) is 9.69 Å². The number of carbonyl (C=O) groups is 1. The number of aryl methyl sites for hydroxylation is 1. The topological polar surface area (TPSA) is 45.7 Å². The fraction of sp³-hybridized carbons (Fsp3) is 0.474. The minimum Gasteiger partial charge on any atom is -0.486 e. The molecule has 5 nitrogen and oxygen atoms in total. The van der Waals surface area contributed by atoms with E-state index in [9.17, 15) is 4.79 Å². The molecule has 1 atom stereocenters. The van der Waals surface area contributed by atoms with Crippen LogP contribution in [0.1, 0.15) is 29.1 Å². The first-order valence-electron chi connectivity index (χ1n) is 8.61. The van der Waals surface area contributed by atoms with Crippen LogP contribution in [-0.2, 0) is 17.9 Å². The van der Waals surface area contributed by atoms with Crippen LogP contribution < -0.4 is 4.74 Å². The van der Waals surface area contributed by atoms with Gasteiger partial charge in [-0.25, -0.2) is 4.98 Å². The zero-order valence-corrected chi connectivity index (χ0v) is 15.9. The third-order valence-corrected chi connectivity index (χ3v) is 5.31. The molecule has 1 unspecified atom stereocenters. The highest BCUT2D eigenvalue weighted by atomic mass is 32.1. The van der Waals surface area contributed by atoms with E-state index in [2.05, 4.69) is 22.2 Å². The van der Waals surface area contributed by atoms with Crippen LogP contribution in [0, 0.1) is 6.92 Å². The van der Waals surface area contributed by atoms with Crippen LogP contribution in [-0.4, -0.2) is 47.4 Å². The predicted octanol–water partition coefficient (Wildman–Crippen LogP) is 3.08. The first-order valence-corrected chi connectivity index (χ1v) is 9.49. The quantitative estimate of drug-likeness (QED) is 0.795. The van der Waals surface area contributed by atoms with Gasteiger partial charge in [0.15, 0.2) is 0 Å². The van der Waals surface area contributed by atoms with E-state index in [-0.39, 0.29) is 11.9 Å². The van der Waals surface area contributed by atoms with Crippen molar-refractivity contribution in [2.45, 2.75) is 39.0 Å². The molecule has 0 aliphatic carbocycles. The smallest absolute Gasteiger partial charge is 0.239 e. The van der Waals surface area contributed by atoms with Crippen molar-refractivity contribution in [3.8, 4) is 5.75 Å². The van der Waals surface area contributed by atoms with E-state index >= 15 is 0 Å². The first-order chi connectivity index (χ1) is 12.0. The number of rotatable bonds is 6. The van der Waals surface area contributed by atoms with Gasteiger partial charge in [-0.1, -0.05) is 17.7 Å². The zero-order chi connectivity index (χ0) is 17.8. The summed E-state index contributed by atoms with van der Waals surface area (Å²) >= 11 is 1.61. The van der Waals surface area contributed by atoms with Crippen LogP contribution in [0.5, 0.6) is 5.75 Å². The minimum absolute atomic E-state index is 0.0102. The Morgan fingerprint density at radius 1 is 1.36 bits per heavy atom. The third-order valence-electron chi connectivity index (χ3n) is 4.44. The second-order valence-corrected chi connectivity index (χ2v) is 7.64. The van der Waals surface area contributed by atoms with E-state index < -0.39 is 0 Å². The summed E-state index contributed by atoms with van der Waals surface area (Å²) in [6, 6.07) is 8.02. The van der Waals surface area contributed by atoms with E-state index in [1.807, 2.05) is 38.4 Å². The molecule has 0 N–H and O–H groups in total. The van der Waals surface area contributed by atoms with Gasteiger partial charge in [0.05, 0.1) is 11.7 Å². The predicted molar refractivity (Wildman–Crippen MR) is 99.8 cm³/mol. The molecule has 0 saturated carbocycles. The lowest BCUT2D eigenvalue weighted by Gasteiger charge is -2.25. The Hall–Kier alpha value is -1.92. The average Bonchev–Trinajstić information content (AvgIpc) is 3.23. The van der Waals surface area contributed by atoms with Gasteiger partial charge in [-0.2, -0.15) is 0 Å². The maximum atomic E-state index is 12.3. The molecule has 1 aromatic heterocycles. The molecule has 25 heavy (non-hydrogen) atoms. The third kappa shape index (κ3) is 4.58. The van der Waals surface area contributed by atoms with Crippen molar-refractivity contribution in [1.29, 1.82) is 0 Å². The second-order valence-electron chi connectivity index (χ2n) is 6.70. The van der Waals surface area contributed by atoms with E-state index in [0.29, 0.717) is 6.61 Å². The Balaban J connectivity index is 1.56. The molecule has 0 bridgehead atoms. The summed E-state index contributed by atoms with van der Waals surface area (Å²) < 4.78 is 5.79. The van der Waals surface area contributed by atoms with Crippen molar-refractivity contribution in [1.82, 2.24) is 14.8 Å². The number of amides is 1. The molecule has 1 saturated heterocycles. The Morgan fingerprint density at radius 2 is 2.12 bits per heavy atom. The summed E-state index contributed by atoms with van der Waals surface area (Å²) in [5.74, 6) is 1.05. The SMILES string of the molecule is Cc1ccc(OCc2nc(CN3CCCC3C(=O)N(C)C)cs2)cc1. The van der Waals surface area contributed by atoms with Gasteiger partial charge in [-0.15, -0.1) is 11.3 Å². The van der Waals surface area contributed by atoms with Crippen molar-refractivity contribution in [3.63, 3.8) is 0 Å². The van der Waals surface area contributed by atoms with Gasteiger partial charge in [0.1, 0.15) is 17.4 Å². The van der Waals surface area contributed by atoms with Gasteiger partial charge in [-0.05, 0) is 38.4 Å². The number of aromatic nitrogens is 1. The molecule has 1 aliphatic rings. The van der Waals surface area contributed by atoms with Crippen LogP contribution in [0.15, 0.2) is 29.6 Å². The standard InChI is InChI=1S/C19H25N3O2S/c1-14-6-8-16(9-7-14)24-12-18-20-15(13-25-18)11-22-10-4-5-17(22)19(23)21(2)3/h6-9,13,17H,4-5,10-12H2,1-3H3. The summed E-state index contributed by atoms with van der Waals surface area (Å²) in [7, 11) is 3.64. The molecule has 0 spiro atoms. The fourth-order valence-corrected chi connectivity index (χ4v) is 3.76. The van der Waals surface area contributed by atoms with E-state index in [0.717, 1.165) is 42.4 Å². The van der Waals surface area contributed by atoms with Crippen LogP contribution in [0.2, 0.25) is 0 Å². The molecule has 3 rings (SSSR count). The van der Waals surface area contributed by atoms with Crippen molar-refractivity contribution in [2.75, 3.05) is 20.6 Å². The van der Waals surface area contributed by atoms with Crippen LogP contribution >= 0.6 is 11.3 Å². The lowest BCUT2D eigenvalue weighted by atomic mass is 10.2. The maximum absolute atomic E-state index is 12.3. The fourth-order valence-electron chi connectivity index (χ4n) is 3.07. The molecule has 1 aromatic carbocycles. The number of carbonyl (C=O) groups excluding carboxylic acids is 1. The van der Waals surface area contributed by atoms with Crippen molar-refractivity contribution < 1.29 is 9.53 Å². The largest absolute Gasteiger partial charge is 0.486 e. The summed E-state index contributed by atoms with van der Waals surface area (Å²) in [4.78, 5) is 20.9. The molecule has 134 valence electrons. The van der Waals surface area contributed by atoms with Gasteiger partial charge in [0, 0.05) is 26.0 Å². The van der Waals surface area contributed by atoms with Gasteiger partial charge in [0.25, 0.3) is 0 Å². The monoisotopic (exact) mass is 359 g/mol. The molecule has 2 aromatic rings. The number of benzene rings is 1. The molecule has 1 aliphatic heterocycles. The van der Waals surface area contributed by atoms with E-state index in [1.165, 1.54) is 5.56 Å². The van der Waals surface area contributed by atoms with E-state index in [1.54, 1.807) is 16.2 Å². The first kappa shape index (κ1) is 17.9. The van der Waals surface area contributed by atoms with Gasteiger partial charge >= 0.3 is 0 Å². The Bertz CT molecular complexity index is 712. The molecule has 1 amide bonds. The molecular formula is C19H25N3O2S.